The molecule has 1 heterocycles. The number of aliphatic imine (C=N–C) groups is 1. The largest absolute Gasteiger partial charge is 0.269 e. The second-order valence-electron chi connectivity index (χ2n) is 6.14. The number of halogens is 2. The van der Waals surface area contributed by atoms with E-state index in [1.54, 1.807) is 0 Å². The molecule has 1 saturated carbocycles. The fraction of sp³-hybridized carbons (Fsp3) is 0.800. The number of rotatable bonds is 2. The number of dihydropyridines is 1. The highest BCUT2D eigenvalue weighted by Gasteiger charge is 2.35. The molecule has 4 unspecified atom stereocenters. The normalized spacial score (nSPS) is 37.4. The van der Waals surface area contributed by atoms with E-state index in [1.165, 1.54) is 0 Å². The number of allylic oxidation sites excluding steroid dienone is 1. The third-order valence-corrected chi connectivity index (χ3v) is 4.60. The summed E-state index contributed by atoms with van der Waals surface area (Å²) < 4.78 is 14.1. The minimum absolute atomic E-state index is 0.0535. The molecule has 2 aliphatic rings. The standard InChI is InChI=1S/C15H23ClFN/c1-9(2)11-5-7-14(18-15(11)16)12-8-10(3)4-6-13(12)17/h5,9-10,12-14H,4,6-8H2,1-3H3. The lowest BCUT2D eigenvalue weighted by Gasteiger charge is -2.35. The van der Waals surface area contributed by atoms with Crippen molar-refractivity contribution in [1.82, 2.24) is 0 Å². The Morgan fingerprint density at radius 2 is 2.11 bits per heavy atom. The first kappa shape index (κ1) is 14.0. The summed E-state index contributed by atoms with van der Waals surface area (Å²) in [4.78, 5) is 4.57. The first-order chi connectivity index (χ1) is 8.49. The lowest BCUT2D eigenvalue weighted by molar-refractivity contribution is 0.115. The lowest BCUT2D eigenvalue weighted by Crippen LogP contribution is -2.35. The van der Waals surface area contributed by atoms with Gasteiger partial charge < -0.3 is 0 Å². The van der Waals surface area contributed by atoms with Crippen LogP contribution in [0, 0.1) is 17.8 Å². The molecule has 1 nitrogen and oxygen atoms in total. The third kappa shape index (κ3) is 2.96. The first-order valence-electron chi connectivity index (χ1n) is 7.06. The highest BCUT2D eigenvalue weighted by atomic mass is 35.5. The van der Waals surface area contributed by atoms with Gasteiger partial charge in [0, 0.05) is 5.92 Å². The summed E-state index contributed by atoms with van der Waals surface area (Å²) in [5, 5.41) is 0.603. The molecule has 1 aliphatic heterocycles. The molecule has 4 atom stereocenters. The van der Waals surface area contributed by atoms with E-state index in [0.29, 0.717) is 23.4 Å². The molecule has 3 heteroatoms. The van der Waals surface area contributed by atoms with Gasteiger partial charge in [0.25, 0.3) is 0 Å². The fourth-order valence-electron chi connectivity index (χ4n) is 3.14. The van der Waals surface area contributed by atoms with E-state index < -0.39 is 6.17 Å². The van der Waals surface area contributed by atoms with Crippen LogP contribution in [0.1, 0.15) is 46.5 Å². The topological polar surface area (TPSA) is 12.4 Å². The van der Waals surface area contributed by atoms with Gasteiger partial charge in [-0.05, 0) is 43.1 Å². The van der Waals surface area contributed by atoms with Gasteiger partial charge in [-0.1, -0.05) is 38.4 Å². The van der Waals surface area contributed by atoms with Crippen LogP contribution >= 0.6 is 11.6 Å². The summed E-state index contributed by atoms with van der Waals surface area (Å²) in [6, 6.07) is 0.0535. The van der Waals surface area contributed by atoms with Crippen molar-refractivity contribution in [3.05, 3.63) is 11.6 Å². The van der Waals surface area contributed by atoms with Crippen molar-refractivity contribution in [2.45, 2.75) is 58.7 Å². The molecule has 0 aromatic carbocycles. The van der Waals surface area contributed by atoms with Crippen molar-refractivity contribution in [1.29, 1.82) is 0 Å². The molecule has 18 heavy (non-hydrogen) atoms. The molecule has 0 N–H and O–H groups in total. The molecule has 0 bridgehead atoms. The Labute approximate surface area is 115 Å². The molecule has 0 aromatic rings. The van der Waals surface area contributed by atoms with Gasteiger partial charge in [-0.2, -0.15) is 0 Å². The van der Waals surface area contributed by atoms with Crippen LogP contribution in [-0.2, 0) is 0 Å². The Hall–Kier alpha value is -0.370. The zero-order chi connectivity index (χ0) is 13.3. The SMILES string of the molecule is CC1CCC(F)C(C2CC=C(C(C)C)C(Cl)=N2)C1. The van der Waals surface area contributed by atoms with Gasteiger partial charge >= 0.3 is 0 Å². The summed E-state index contributed by atoms with van der Waals surface area (Å²) in [6.45, 7) is 6.44. The number of hydrogen-bond donors (Lipinski definition) is 0. The van der Waals surface area contributed by atoms with Crippen molar-refractivity contribution < 1.29 is 4.39 Å². The van der Waals surface area contributed by atoms with Gasteiger partial charge in [0.2, 0.25) is 0 Å². The van der Waals surface area contributed by atoms with E-state index in [4.69, 9.17) is 11.6 Å². The smallest absolute Gasteiger partial charge is 0.127 e. The number of hydrogen-bond acceptors (Lipinski definition) is 1. The average molecular weight is 272 g/mol. The van der Waals surface area contributed by atoms with Gasteiger partial charge in [0.15, 0.2) is 0 Å². The maximum Gasteiger partial charge on any atom is 0.127 e. The highest BCUT2D eigenvalue weighted by Crippen LogP contribution is 2.37. The first-order valence-corrected chi connectivity index (χ1v) is 7.44. The molecule has 0 saturated heterocycles. The molecule has 1 fully saturated rings. The van der Waals surface area contributed by atoms with Crippen LogP contribution < -0.4 is 0 Å². The molecule has 0 amide bonds. The van der Waals surface area contributed by atoms with E-state index in [2.05, 4.69) is 31.8 Å². The quantitative estimate of drug-likeness (QED) is 0.687. The van der Waals surface area contributed by atoms with Crippen LogP contribution in [0.3, 0.4) is 0 Å². The molecular weight excluding hydrogens is 249 g/mol. The van der Waals surface area contributed by atoms with Crippen LogP contribution in [0.4, 0.5) is 4.39 Å². The van der Waals surface area contributed by atoms with Crippen LogP contribution in [-0.4, -0.2) is 17.4 Å². The fourth-order valence-corrected chi connectivity index (χ4v) is 3.56. The third-order valence-electron chi connectivity index (χ3n) is 4.29. The maximum absolute atomic E-state index is 14.1. The van der Waals surface area contributed by atoms with E-state index in [9.17, 15) is 4.39 Å². The molecular formula is C15H23ClFN. The monoisotopic (exact) mass is 271 g/mol. The second-order valence-corrected chi connectivity index (χ2v) is 6.49. The average Bonchev–Trinajstić information content (AvgIpc) is 2.31. The Kier molecular flexibility index (Phi) is 4.47. The minimum atomic E-state index is -0.701. The second kappa shape index (κ2) is 5.73. The number of alkyl halides is 1. The van der Waals surface area contributed by atoms with Gasteiger partial charge in [0.1, 0.15) is 11.3 Å². The molecule has 0 aromatic heterocycles. The van der Waals surface area contributed by atoms with Crippen LogP contribution in [0.15, 0.2) is 16.6 Å². The van der Waals surface area contributed by atoms with Crippen molar-refractivity contribution in [2.24, 2.45) is 22.7 Å². The molecule has 0 radical (unpaired) electrons. The van der Waals surface area contributed by atoms with Crippen molar-refractivity contribution in [3.63, 3.8) is 0 Å². The maximum atomic E-state index is 14.1. The highest BCUT2D eigenvalue weighted by molar-refractivity contribution is 6.69. The summed E-state index contributed by atoms with van der Waals surface area (Å²) in [5.41, 5.74) is 1.12. The van der Waals surface area contributed by atoms with Crippen LogP contribution in [0.5, 0.6) is 0 Å². The molecule has 102 valence electrons. The van der Waals surface area contributed by atoms with E-state index >= 15 is 0 Å². The predicted octanol–water partition coefficient (Wildman–Crippen LogP) is 4.75. The molecule has 1 aliphatic carbocycles. The summed E-state index contributed by atoms with van der Waals surface area (Å²) in [5.74, 6) is 1.08. The van der Waals surface area contributed by atoms with Crippen molar-refractivity contribution in [2.75, 3.05) is 0 Å². The Bertz CT molecular complexity index is 362. The van der Waals surface area contributed by atoms with E-state index in [0.717, 1.165) is 24.8 Å². The Balaban J connectivity index is 2.08. The van der Waals surface area contributed by atoms with Gasteiger partial charge in [0.05, 0.1) is 6.04 Å². The van der Waals surface area contributed by atoms with Gasteiger partial charge in [-0.25, -0.2) is 4.39 Å². The lowest BCUT2D eigenvalue weighted by atomic mass is 9.76. The zero-order valence-electron chi connectivity index (χ0n) is 11.5. The van der Waals surface area contributed by atoms with Gasteiger partial charge in [-0.3, -0.25) is 4.99 Å². The Morgan fingerprint density at radius 1 is 1.39 bits per heavy atom. The van der Waals surface area contributed by atoms with Crippen LogP contribution in [0.25, 0.3) is 0 Å². The minimum Gasteiger partial charge on any atom is -0.269 e. The van der Waals surface area contributed by atoms with E-state index in [1.807, 2.05) is 0 Å². The molecule has 0 spiro atoms. The predicted molar refractivity (Wildman–Crippen MR) is 76.0 cm³/mol. The van der Waals surface area contributed by atoms with Crippen molar-refractivity contribution in [3.8, 4) is 0 Å². The summed E-state index contributed by atoms with van der Waals surface area (Å²) in [6.07, 6.45) is 4.96. The number of nitrogens with zero attached hydrogens (tertiary/aromatic N) is 1. The molecule has 2 rings (SSSR count). The summed E-state index contributed by atoms with van der Waals surface area (Å²) >= 11 is 6.23. The Morgan fingerprint density at radius 3 is 2.72 bits per heavy atom. The van der Waals surface area contributed by atoms with Gasteiger partial charge in [-0.15, -0.1) is 0 Å². The van der Waals surface area contributed by atoms with Crippen LogP contribution in [0.2, 0.25) is 0 Å². The zero-order valence-corrected chi connectivity index (χ0v) is 12.3. The summed E-state index contributed by atoms with van der Waals surface area (Å²) in [7, 11) is 0. The van der Waals surface area contributed by atoms with E-state index in [-0.39, 0.29) is 12.0 Å². The van der Waals surface area contributed by atoms with Crippen molar-refractivity contribution >= 4 is 16.8 Å².